The van der Waals surface area contributed by atoms with Crippen molar-refractivity contribution >= 4 is 0 Å². The molecular weight excluding hydrogens is 193 g/mol. The molecule has 1 atom stereocenters. The van der Waals surface area contributed by atoms with Gasteiger partial charge in [0.2, 0.25) is 0 Å². The minimum absolute atomic E-state index is 0.209. The highest BCUT2D eigenvalue weighted by molar-refractivity contribution is 5.13. The molecular formula is C10H10F3O. The quantitative estimate of drug-likeness (QED) is 0.733. The van der Waals surface area contributed by atoms with Gasteiger partial charge in [0.15, 0.2) is 0 Å². The average molecular weight is 203 g/mol. The predicted molar refractivity (Wildman–Crippen MR) is 45.6 cm³/mol. The van der Waals surface area contributed by atoms with Gasteiger partial charge in [-0.1, -0.05) is 24.3 Å². The molecule has 1 aromatic rings. The molecule has 0 N–H and O–H groups in total. The number of alkyl halides is 3. The maximum Gasteiger partial charge on any atom is 0.522 e. The van der Waals surface area contributed by atoms with E-state index in [1.807, 2.05) is 0 Å². The fraction of sp³-hybridized carbons (Fsp3) is 0.400. The minimum Gasteiger partial charge on any atom is -0.289 e. The Hall–Kier alpha value is -1.03. The van der Waals surface area contributed by atoms with Gasteiger partial charge in [0.05, 0.1) is 6.10 Å². The highest BCUT2D eigenvalue weighted by Crippen LogP contribution is 2.20. The summed E-state index contributed by atoms with van der Waals surface area (Å²) in [5.41, 5.74) is 0.712. The number of benzene rings is 1. The van der Waals surface area contributed by atoms with E-state index in [-0.39, 0.29) is 6.42 Å². The molecule has 0 bridgehead atoms. The lowest BCUT2D eigenvalue weighted by atomic mass is 10.1. The first-order chi connectivity index (χ1) is 6.47. The number of hydrogen-bond donors (Lipinski definition) is 0. The third kappa shape index (κ3) is 4.28. The number of ether oxygens (including phenoxy) is 1. The van der Waals surface area contributed by atoms with E-state index in [1.165, 1.54) is 6.92 Å². The number of hydrogen-bond acceptors (Lipinski definition) is 1. The molecule has 0 aliphatic heterocycles. The normalized spacial score (nSPS) is 14.0. The molecule has 4 heteroatoms. The smallest absolute Gasteiger partial charge is 0.289 e. The van der Waals surface area contributed by atoms with Crippen LogP contribution < -0.4 is 0 Å². The van der Waals surface area contributed by atoms with Gasteiger partial charge < -0.3 is 0 Å². The summed E-state index contributed by atoms with van der Waals surface area (Å²) in [6, 6.07) is 9.74. The van der Waals surface area contributed by atoms with E-state index >= 15 is 0 Å². The summed E-state index contributed by atoms with van der Waals surface area (Å²) < 4.78 is 39.2. The Morgan fingerprint density at radius 1 is 1.43 bits per heavy atom. The summed E-state index contributed by atoms with van der Waals surface area (Å²) in [7, 11) is 0. The van der Waals surface area contributed by atoms with Crippen LogP contribution in [0.25, 0.3) is 0 Å². The van der Waals surface area contributed by atoms with E-state index in [9.17, 15) is 13.2 Å². The summed E-state index contributed by atoms with van der Waals surface area (Å²) in [5.74, 6) is 0. The van der Waals surface area contributed by atoms with Gasteiger partial charge in [-0.2, -0.15) is 0 Å². The van der Waals surface area contributed by atoms with Crippen LogP contribution in [-0.2, 0) is 11.2 Å². The van der Waals surface area contributed by atoms with E-state index in [0.717, 1.165) is 0 Å². The molecule has 14 heavy (non-hydrogen) atoms. The second-order valence-electron chi connectivity index (χ2n) is 2.97. The minimum atomic E-state index is -4.56. The van der Waals surface area contributed by atoms with E-state index in [0.29, 0.717) is 5.56 Å². The van der Waals surface area contributed by atoms with Crippen molar-refractivity contribution in [3.05, 3.63) is 35.9 Å². The zero-order valence-corrected chi connectivity index (χ0v) is 7.64. The molecule has 0 spiro atoms. The predicted octanol–water partition coefficient (Wildman–Crippen LogP) is 2.95. The fourth-order valence-electron chi connectivity index (χ4n) is 1.14. The lowest BCUT2D eigenvalue weighted by Crippen LogP contribution is -2.23. The van der Waals surface area contributed by atoms with Gasteiger partial charge in [-0.15, -0.1) is 13.2 Å². The van der Waals surface area contributed by atoms with Gasteiger partial charge in [0.1, 0.15) is 0 Å². The van der Waals surface area contributed by atoms with Gasteiger partial charge in [0.25, 0.3) is 0 Å². The Labute approximate surface area is 80.5 Å². The second-order valence-corrected chi connectivity index (χ2v) is 2.97. The summed E-state index contributed by atoms with van der Waals surface area (Å²) in [6.45, 7) is 1.38. The highest BCUT2D eigenvalue weighted by atomic mass is 19.4. The zero-order chi connectivity index (χ0) is 10.6. The maximum atomic E-state index is 11.8. The largest absolute Gasteiger partial charge is 0.522 e. The summed E-state index contributed by atoms with van der Waals surface area (Å²) in [5, 5.41) is 0. The first-order valence-corrected chi connectivity index (χ1v) is 4.17. The second kappa shape index (κ2) is 4.46. The lowest BCUT2D eigenvalue weighted by Gasteiger charge is -2.14. The SMILES string of the molecule is CC(Cc1[c]cccc1)OC(F)(F)F. The van der Waals surface area contributed by atoms with Crippen molar-refractivity contribution in [2.75, 3.05) is 0 Å². The monoisotopic (exact) mass is 203 g/mol. The van der Waals surface area contributed by atoms with Crippen LogP contribution >= 0.6 is 0 Å². The van der Waals surface area contributed by atoms with Crippen LogP contribution in [0.3, 0.4) is 0 Å². The first kappa shape index (κ1) is 11.0. The van der Waals surface area contributed by atoms with Crippen molar-refractivity contribution in [3.63, 3.8) is 0 Å². The molecule has 0 saturated heterocycles. The molecule has 1 unspecified atom stereocenters. The third-order valence-electron chi connectivity index (χ3n) is 1.62. The van der Waals surface area contributed by atoms with Crippen LogP contribution in [0.1, 0.15) is 12.5 Å². The maximum absolute atomic E-state index is 11.8. The molecule has 1 nitrogen and oxygen atoms in total. The van der Waals surface area contributed by atoms with Gasteiger partial charge >= 0.3 is 6.36 Å². The third-order valence-corrected chi connectivity index (χ3v) is 1.62. The topological polar surface area (TPSA) is 9.23 Å². The Morgan fingerprint density at radius 2 is 2.14 bits per heavy atom. The molecule has 1 aromatic carbocycles. The summed E-state index contributed by atoms with van der Waals surface area (Å²) >= 11 is 0. The first-order valence-electron chi connectivity index (χ1n) is 4.17. The molecule has 1 rings (SSSR count). The number of halogens is 3. The van der Waals surface area contributed by atoms with Crippen molar-refractivity contribution < 1.29 is 17.9 Å². The van der Waals surface area contributed by atoms with Crippen LogP contribution in [-0.4, -0.2) is 12.5 Å². The zero-order valence-electron chi connectivity index (χ0n) is 7.64. The van der Waals surface area contributed by atoms with Gasteiger partial charge in [0, 0.05) is 0 Å². The lowest BCUT2D eigenvalue weighted by molar-refractivity contribution is -0.340. The van der Waals surface area contributed by atoms with E-state index in [4.69, 9.17) is 0 Å². The standard InChI is InChI=1S/C10H10F3O/c1-8(14-10(11,12)13)7-9-5-3-2-4-6-9/h2-5,8H,7H2,1H3. The van der Waals surface area contributed by atoms with E-state index in [1.54, 1.807) is 24.3 Å². The fourth-order valence-corrected chi connectivity index (χ4v) is 1.14. The molecule has 0 aliphatic carbocycles. The van der Waals surface area contributed by atoms with E-state index in [2.05, 4.69) is 10.8 Å². The van der Waals surface area contributed by atoms with Crippen molar-refractivity contribution in [1.82, 2.24) is 0 Å². The Balaban J connectivity index is 2.46. The van der Waals surface area contributed by atoms with Crippen molar-refractivity contribution in [1.29, 1.82) is 0 Å². The molecule has 0 saturated carbocycles. The molecule has 77 valence electrons. The van der Waals surface area contributed by atoms with Crippen LogP contribution in [0.4, 0.5) is 13.2 Å². The van der Waals surface area contributed by atoms with Crippen LogP contribution in [0.5, 0.6) is 0 Å². The highest BCUT2D eigenvalue weighted by Gasteiger charge is 2.31. The Morgan fingerprint density at radius 3 is 2.64 bits per heavy atom. The molecule has 1 radical (unpaired) electrons. The van der Waals surface area contributed by atoms with Gasteiger partial charge in [-0.25, -0.2) is 0 Å². The molecule has 0 amide bonds. The van der Waals surface area contributed by atoms with Crippen molar-refractivity contribution in [2.45, 2.75) is 25.8 Å². The van der Waals surface area contributed by atoms with E-state index < -0.39 is 12.5 Å². The van der Waals surface area contributed by atoms with Crippen molar-refractivity contribution in [2.24, 2.45) is 0 Å². The molecule has 0 fully saturated rings. The molecule has 0 heterocycles. The summed E-state index contributed by atoms with van der Waals surface area (Å²) in [6.07, 6.45) is -5.23. The van der Waals surface area contributed by atoms with Crippen LogP contribution in [0, 0.1) is 6.07 Å². The van der Waals surface area contributed by atoms with Crippen LogP contribution in [0.15, 0.2) is 24.3 Å². The van der Waals surface area contributed by atoms with Crippen molar-refractivity contribution in [3.8, 4) is 0 Å². The summed E-state index contributed by atoms with van der Waals surface area (Å²) in [4.78, 5) is 0. The van der Waals surface area contributed by atoms with Gasteiger partial charge in [-0.3, -0.25) is 4.74 Å². The Kier molecular flexibility index (Phi) is 3.52. The number of rotatable bonds is 3. The average Bonchev–Trinajstić information content (AvgIpc) is 2.02. The van der Waals surface area contributed by atoms with Crippen LogP contribution in [0.2, 0.25) is 0 Å². The molecule has 0 aliphatic rings. The van der Waals surface area contributed by atoms with Gasteiger partial charge in [-0.05, 0) is 25.0 Å². The Bertz CT molecular complexity index is 268. The molecule has 0 aromatic heterocycles.